The third-order valence-electron chi connectivity index (χ3n) is 4.21. The Labute approximate surface area is 192 Å². The maximum Gasteiger partial charge on any atom is 0.433 e. The van der Waals surface area contributed by atoms with Crippen LogP contribution in [0.5, 0.6) is 5.88 Å². The summed E-state index contributed by atoms with van der Waals surface area (Å²) in [5.74, 6) is 3.72. The van der Waals surface area contributed by atoms with Crippen LogP contribution in [0.25, 0.3) is 5.69 Å². The van der Waals surface area contributed by atoms with Gasteiger partial charge in [-0.3, -0.25) is 9.59 Å². The predicted octanol–water partition coefficient (Wildman–Crippen LogP) is 2.26. The van der Waals surface area contributed by atoms with Crippen LogP contribution in [0.4, 0.5) is 17.6 Å². The molecule has 176 valence electrons. The molecule has 14 heteroatoms. The molecular weight excluding hydrogens is 482 g/mol. The number of ether oxygens (including phenoxy) is 1. The molecule has 0 aliphatic heterocycles. The average molecular weight is 495 g/mol. The van der Waals surface area contributed by atoms with E-state index in [0.29, 0.717) is 11.0 Å². The van der Waals surface area contributed by atoms with Gasteiger partial charge in [-0.25, -0.2) is 23.4 Å². The van der Waals surface area contributed by atoms with E-state index < -0.39 is 34.6 Å². The fraction of sp³-hybridized carbons (Fsp3) is 0.150. The molecule has 3 rings (SSSR count). The summed E-state index contributed by atoms with van der Waals surface area (Å²) in [6.07, 6.45) is -3.72. The van der Waals surface area contributed by atoms with E-state index in [1.54, 1.807) is 6.07 Å². The molecule has 0 aliphatic rings. The van der Waals surface area contributed by atoms with Gasteiger partial charge in [-0.05, 0) is 31.2 Å². The minimum absolute atomic E-state index is 0.0217. The van der Waals surface area contributed by atoms with Gasteiger partial charge in [-0.2, -0.15) is 18.4 Å². The molecule has 0 bridgehead atoms. The van der Waals surface area contributed by atoms with Crippen molar-refractivity contribution in [3.05, 3.63) is 74.4 Å². The minimum Gasteiger partial charge on any atom is -0.469 e. The number of alkyl halides is 3. The number of ketones is 1. The van der Waals surface area contributed by atoms with E-state index in [1.807, 2.05) is 0 Å². The van der Waals surface area contributed by atoms with Crippen LogP contribution in [-0.4, -0.2) is 26.6 Å². The number of Topliss-reactive ketones (excluding diaryl/α,β-unsaturated/α-hetero) is 1. The Morgan fingerprint density at radius 1 is 1.26 bits per heavy atom. The Kier molecular flexibility index (Phi) is 6.78. The quantitative estimate of drug-likeness (QED) is 0.407. The lowest BCUT2D eigenvalue weighted by Crippen LogP contribution is -2.45. The van der Waals surface area contributed by atoms with E-state index in [4.69, 9.17) is 10.6 Å². The van der Waals surface area contributed by atoms with Gasteiger partial charge in [0, 0.05) is 17.2 Å². The Hall–Kier alpha value is -4.12. The van der Waals surface area contributed by atoms with Gasteiger partial charge in [-0.1, -0.05) is 11.8 Å². The summed E-state index contributed by atoms with van der Waals surface area (Å²) in [5, 5.41) is 9.41. The van der Waals surface area contributed by atoms with Gasteiger partial charge in [0.2, 0.25) is 5.88 Å². The first kappa shape index (κ1) is 24.5. The van der Waals surface area contributed by atoms with Crippen molar-refractivity contribution in [3.63, 3.8) is 0 Å². The standard InChI is InChI=1S/C20H13F4N5O4S/c1-10(30)9-33-18-14(3-2-4-27-18)34-15-6-13(12(21)5-11(15)8-25)28-17(31)7-16(20(22,23)24)29(26)19(28)32/h2-7H,9,26H2,1H3. The first-order valence-corrected chi connectivity index (χ1v) is 9.96. The third kappa shape index (κ3) is 4.94. The summed E-state index contributed by atoms with van der Waals surface area (Å²) in [7, 11) is 0. The van der Waals surface area contributed by atoms with Crippen LogP contribution in [-0.2, 0) is 11.0 Å². The average Bonchev–Trinajstić information content (AvgIpc) is 2.76. The van der Waals surface area contributed by atoms with Crippen molar-refractivity contribution in [2.75, 3.05) is 12.4 Å². The smallest absolute Gasteiger partial charge is 0.433 e. The molecule has 1 aromatic carbocycles. The van der Waals surface area contributed by atoms with Crippen LogP contribution in [0.15, 0.2) is 55.9 Å². The second-order valence-electron chi connectivity index (χ2n) is 6.66. The molecule has 3 aromatic rings. The number of carbonyl (C=O) groups is 1. The molecular formula is C20H13F4N5O4S. The fourth-order valence-corrected chi connectivity index (χ4v) is 3.70. The van der Waals surface area contributed by atoms with Gasteiger partial charge in [-0.15, -0.1) is 0 Å². The van der Waals surface area contributed by atoms with Crippen molar-refractivity contribution in [1.29, 1.82) is 5.26 Å². The molecule has 0 saturated heterocycles. The van der Waals surface area contributed by atoms with E-state index in [1.165, 1.54) is 25.3 Å². The summed E-state index contributed by atoms with van der Waals surface area (Å²) in [5.41, 5.74) is -5.78. The fourth-order valence-electron chi connectivity index (χ4n) is 2.73. The van der Waals surface area contributed by atoms with E-state index in [9.17, 15) is 37.2 Å². The zero-order valence-electron chi connectivity index (χ0n) is 17.1. The molecule has 0 aliphatic carbocycles. The largest absolute Gasteiger partial charge is 0.469 e. The number of nitrogens with zero attached hydrogens (tertiary/aromatic N) is 4. The summed E-state index contributed by atoms with van der Waals surface area (Å²) in [4.78, 5) is 40.3. The highest BCUT2D eigenvalue weighted by Gasteiger charge is 2.36. The maximum atomic E-state index is 14.8. The highest BCUT2D eigenvalue weighted by atomic mass is 32.2. The Balaban J connectivity index is 2.17. The molecule has 2 aromatic heterocycles. The lowest BCUT2D eigenvalue weighted by Gasteiger charge is -2.15. The lowest BCUT2D eigenvalue weighted by atomic mass is 10.2. The van der Waals surface area contributed by atoms with Gasteiger partial charge in [0.15, 0.2) is 11.5 Å². The highest BCUT2D eigenvalue weighted by molar-refractivity contribution is 7.99. The SMILES string of the molecule is CC(=O)COc1ncccc1Sc1cc(-n2c(=O)cc(C(F)(F)F)n(N)c2=O)c(F)cc1C#N. The molecule has 0 amide bonds. The molecule has 2 heterocycles. The predicted molar refractivity (Wildman–Crippen MR) is 111 cm³/mol. The van der Waals surface area contributed by atoms with Crippen molar-refractivity contribution in [3.8, 4) is 17.6 Å². The molecule has 0 unspecified atom stereocenters. The first-order valence-electron chi connectivity index (χ1n) is 9.14. The molecule has 0 saturated carbocycles. The summed E-state index contributed by atoms with van der Waals surface area (Å²) < 4.78 is 59.0. The molecule has 0 atom stereocenters. The Bertz CT molecular complexity index is 1440. The molecule has 9 nitrogen and oxygen atoms in total. The Morgan fingerprint density at radius 2 is 1.97 bits per heavy atom. The Morgan fingerprint density at radius 3 is 2.59 bits per heavy atom. The number of benzene rings is 1. The van der Waals surface area contributed by atoms with E-state index in [-0.39, 0.29) is 44.0 Å². The van der Waals surface area contributed by atoms with Crippen molar-refractivity contribution in [2.24, 2.45) is 0 Å². The zero-order chi connectivity index (χ0) is 25.2. The molecule has 0 spiro atoms. The molecule has 0 radical (unpaired) electrons. The molecule has 0 fully saturated rings. The second kappa shape index (κ2) is 9.40. The number of pyridine rings is 1. The van der Waals surface area contributed by atoms with Crippen LogP contribution in [0, 0.1) is 17.1 Å². The van der Waals surface area contributed by atoms with Crippen molar-refractivity contribution in [2.45, 2.75) is 22.9 Å². The number of nitrogens with two attached hydrogens (primary N) is 1. The lowest BCUT2D eigenvalue weighted by molar-refractivity contribution is -0.143. The molecule has 2 N–H and O–H groups in total. The number of nitriles is 1. The topological polar surface area (TPSA) is 133 Å². The summed E-state index contributed by atoms with van der Waals surface area (Å²) in [6, 6.07) is 6.51. The highest BCUT2D eigenvalue weighted by Crippen LogP contribution is 2.37. The maximum absolute atomic E-state index is 14.8. The number of aromatic nitrogens is 3. The van der Waals surface area contributed by atoms with Gasteiger partial charge >= 0.3 is 11.9 Å². The van der Waals surface area contributed by atoms with Crippen LogP contribution < -0.4 is 21.8 Å². The number of carbonyl (C=O) groups excluding carboxylic acids is 1. The number of halogens is 4. The van der Waals surface area contributed by atoms with Crippen molar-refractivity contribution in [1.82, 2.24) is 14.2 Å². The monoisotopic (exact) mass is 495 g/mol. The minimum atomic E-state index is -5.10. The number of nitrogen functional groups attached to an aromatic ring is 1. The van der Waals surface area contributed by atoms with Crippen molar-refractivity contribution < 1.29 is 27.1 Å². The van der Waals surface area contributed by atoms with Gasteiger partial charge in [0.25, 0.3) is 5.56 Å². The number of hydrogen-bond donors (Lipinski definition) is 1. The number of rotatable bonds is 6. The van der Waals surface area contributed by atoms with E-state index >= 15 is 0 Å². The normalized spacial score (nSPS) is 11.2. The van der Waals surface area contributed by atoms with Crippen molar-refractivity contribution >= 4 is 17.5 Å². The molecule has 34 heavy (non-hydrogen) atoms. The third-order valence-corrected chi connectivity index (χ3v) is 5.29. The van der Waals surface area contributed by atoms with Gasteiger partial charge in [0.05, 0.1) is 16.1 Å². The van der Waals surface area contributed by atoms with Gasteiger partial charge < -0.3 is 10.6 Å². The first-order chi connectivity index (χ1) is 15.9. The van der Waals surface area contributed by atoms with Crippen LogP contribution in [0.2, 0.25) is 0 Å². The van der Waals surface area contributed by atoms with E-state index in [0.717, 1.165) is 17.8 Å². The number of hydrogen-bond acceptors (Lipinski definition) is 8. The second-order valence-corrected chi connectivity index (χ2v) is 7.75. The van der Waals surface area contributed by atoms with Gasteiger partial charge in [0.1, 0.15) is 18.5 Å². The van der Waals surface area contributed by atoms with Crippen LogP contribution in [0.3, 0.4) is 0 Å². The van der Waals surface area contributed by atoms with Crippen LogP contribution in [0.1, 0.15) is 18.2 Å². The van der Waals surface area contributed by atoms with E-state index in [2.05, 4.69) is 4.98 Å². The van der Waals surface area contributed by atoms with Crippen LogP contribution >= 0.6 is 11.8 Å². The summed E-state index contributed by atoms with van der Waals surface area (Å²) >= 11 is 0.835. The zero-order valence-corrected chi connectivity index (χ0v) is 17.9. The summed E-state index contributed by atoms with van der Waals surface area (Å²) in [6.45, 7) is 1.00.